The minimum atomic E-state index is -0.820. The van der Waals surface area contributed by atoms with E-state index in [1.165, 1.54) is 0 Å². The number of hydrogen-bond acceptors (Lipinski definition) is 2. The molecule has 0 fully saturated rings. The van der Waals surface area contributed by atoms with Crippen molar-refractivity contribution in [3.63, 3.8) is 0 Å². The van der Waals surface area contributed by atoms with Crippen LogP contribution in [0.15, 0.2) is 18.2 Å². The number of anilines is 1. The Morgan fingerprint density at radius 2 is 2.12 bits per heavy atom. The summed E-state index contributed by atoms with van der Waals surface area (Å²) in [5, 5.41) is 12.7. The van der Waals surface area contributed by atoms with Crippen LogP contribution in [-0.2, 0) is 4.79 Å². The van der Waals surface area contributed by atoms with Gasteiger partial charge in [0.05, 0.1) is 5.41 Å². The molecule has 0 aliphatic carbocycles. The van der Waals surface area contributed by atoms with Gasteiger partial charge in [0.2, 0.25) is 0 Å². The SMILES string of the molecule is Cc1ccc(Cl)cc1NCC(C)(C)C(=O)O. The zero-order valence-electron chi connectivity index (χ0n) is 9.67. The van der Waals surface area contributed by atoms with E-state index in [-0.39, 0.29) is 0 Å². The molecular formula is C12H16ClNO2. The van der Waals surface area contributed by atoms with Gasteiger partial charge in [-0.3, -0.25) is 4.79 Å². The molecule has 0 heterocycles. The molecule has 0 spiro atoms. The smallest absolute Gasteiger partial charge is 0.310 e. The Morgan fingerprint density at radius 1 is 1.50 bits per heavy atom. The normalized spacial score (nSPS) is 11.2. The fourth-order valence-electron chi connectivity index (χ4n) is 1.18. The van der Waals surface area contributed by atoms with E-state index in [4.69, 9.17) is 16.7 Å². The molecular weight excluding hydrogens is 226 g/mol. The molecule has 3 nitrogen and oxygen atoms in total. The van der Waals surface area contributed by atoms with Gasteiger partial charge in [0.25, 0.3) is 0 Å². The fraction of sp³-hybridized carbons (Fsp3) is 0.417. The summed E-state index contributed by atoms with van der Waals surface area (Å²) in [5.74, 6) is -0.820. The molecule has 1 rings (SSSR count). The van der Waals surface area contributed by atoms with Gasteiger partial charge in [-0.25, -0.2) is 0 Å². The van der Waals surface area contributed by atoms with Crippen LogP contribution in [0.3, 0.4) is 0 Å². The summed E-state index contributed by atoms with van der Waals surface area (Å²) in [7, 11) is 0. The van der Waals surface area contributed by atoms with E-state index in [2.05, 4.69) is 5.32 Å². The van der Waals surface area contributed by atoms with Crippen LogP contribution in [0.1, 0.15) is 19.4 Å². The first kappa shape index (κ1) is 12.8. The second-order valence-electron chi connectivity index (χ2n) is 4.50. The zero-order valence-corrected chi connectivity index (χ0v) is 10.4. The van der Waals surface area contributed by atoms with Crippen LogP contribution >= 0.6 is 11.6 Å². The summed E-state index contributed by atoms with van der Waals surface area (Å²) in [5.41, 5.74) is 1.13. The highest BCUT2D eigenvalue weighted by molar-refractivity contribution is 6.30. The highest BCUT2D eigenvalue weighted by atomic mass is 35.5. The topological polar surface area (TPSA) is 49.3 Å². The summed E-state index contributed by atoms with van der Waals surface area (Å²) in [4.78, 5) is 10.9. The van der Waals surface area contributed by atoms with Crippen molar-refractivity contribution in [2.75, 3.05) is 11.9 Å². The van der Waals surface area contributed by atoms with Crippen molar-refractivity contribution >= 4 is 23.3 Å². The predicted octanol–water partition coefficient (Wildman–Crippen LogP) is 3.17. The highest BCUT2D eigenvalue weighted by Crippen LogP contribution is 2.22. The Hall–Kier alpha value is -1.22. The lowest BCUT2D eigenvalue weighted by molar-refractivity contribution is -0.146. The molecule has 0 radical (unpaired) electrons. The Balaban J connectivity index is 2.75. The largest absolute Gasteiger partial charge is 0.481 e. The van der Waals surface area contributed by atoms with Gasteiger partial charge in [-0.2, -0.15) is 0 Å². The third-order valence-corrected chi connectivity index (χ3v) is 2.73. The first-order valence-corrected chi connectivity index (χ1v) is 5.44. The molecule has 0 amide bonds. The quantitative estimate of drug-likeness (QED) is 0.851. The van der Waals surface area contributed by atoms with Gasteiger partial charge >= 0.3 is 5.97 Å². The molecule has 1 aromatic carbocycles. The Bertz CT molecular complexity index is 402. The molecule has 1 aromatic rings. The van der Waals surface area contributed by atoms with E-state index in [0.29, 0.717) is 11.6 Å². The van der Waals surface area contributed by atoms with Crippen molar-refractivity contribution in [2.24, 2.45) is 5.41 Å². The molecule has 0 aliphatic rings. The van der Waals surface area contributed by atoms with Crippen LogP contribution in [0, 0.1) is 12.3 Å². The second kappa shape index (κ2) is 4.74. The lowest BCUT2D eigenvalue weighted by atomic mass is 9.93. The summed E-state index contributed by atoms with van der Waals surface area (Å²) >= 11 is 5.87. The van der Waals surface area contributed by atoms with Crippen molar-refractivity contribution in [3.8, 4) is 0 Å². The highest BCUT2D eigenvalue weighted by Gasteiger charge is 2.26. The van der Waals surface area contributed by atoms with E-state index in [1.807, 2.05) is 19.1 Å². The average molecular weight is 242 g/mol. The molecule has 0 unspecified atom stereocenters. The minimum absolute atomic E-state index is 0.365. The van der Waals surface area contributed by atoms with Crippen LogP contribution in [-0.4, -0.2) is 17.6 Å². The number of benzene rings is 1. The number of carboxylic acids is 1. The average Bonchev–Trinajstić information content (AvgIpc) is 2.19. The molecule has 4 heteroatoms. The van der Waals surface area contributed by atoms with Gasteiger partial charge in [-0.15, -0.1) is 0 Å². The van der Waals surface area contributed by atoms with Crippen LogP contribution < -0.4 is 5.32 Å². The van der Waals surface area contributed by atoms with Gasteiger partial charge < -0.3 is 10.4 Å². The van der Waals surface area contributed by atoms with Crippen molar-refractivity contribution in [1.82, 2.24) is 0 Å². The summed E-state index contributed by atoms with van der Waals surface area (Å²) in [6.45, 7) is 5.68. The summed E-state index contributed by atoms with van der Waals surface area (Å²) in [6, 6.07) is 5.51. The fourth-order valence-corrected chi connectivity index (χ4v) is 1.35. The van der Waals surface area contributed by atoms with Crippen LogP contribution in [0.25, 0.3) is 0 Å². The Morgan fingerprint density at radius 3 is 2.69 bits per heavy atom. The number of aryl methyl sites for hydroxylation is 1. The second-order valence-corrected chi connectivity index (χ2v) is 4.94. The molecule has 88 valence electrons. The molecule has 0 bridgehead atoms. The van der Waals surface area contributed by atoms with Gasteiger partial charge in [-0.05, 0) is 38.5 Å². The van der Waals surface area contributed by atoms with Crippen molar-refractivity contribution in [3.05, 3.63) is 28.8 Å². The number of rotatable bonds is 4. The minimum Gasteiger partial charge on any atom is -0.481 e. The molecule has 0 aromatic heterocycles. The summed E-state index contributed by atoms with van der Waals surface area (Å²) in [6.07, 6.45) is 0. The molecule has 0 saturated carbocycles. The van der Waals surface area contributed by atoms with Crippen molar-refractivity contribution in [2.45, 2.75) is 20.8 Å². The monoisotopic (exact) mass is 241 g/mol. The standard InChI is InChI=1S/C12H16ClNO2/c1-8-4-5-9(13)6-10(8)14-7-12(2,3)11(15)16/h4-6,14H,7H2,1-3H3,(H,15,16). The summed E-state index contributed by atoms with van der Waals surface area (Å²) < 4.78 is 0. The first-order valence-electron chi connectivity index (χ1n) is 5.06. The molecule has 0 saturated heterocycles. The first-order chi connectivity index (χ1) is 7.33. The maximum Gasteiger partial charge on any atom is 0.310 e. The number of nitrogens with one attached hydrogen (secondary N) is 1. The zero-order chi connectivity index (χ0) is 12.3. The van der Waals surface area contributed by atoms with E-state index < -0.39 is 11.4 Å². The third-order valence-electron chi connectivity index (χ3n) is 2.50. The van der Waals surface area contributed by atoms with Gasteiger partial charge in [0.15, 0.2) is 0 Å². The number of carbonyl (C=O) groups is 1. The predicted molar refractivity (Wildman–Crippen MR) is 66.1 cm³/mol. The maximum absolute atomic E-state index is 10.9. The van der Waals surface area contributed by atoms with Crippen molar-refractivity contribution < 1.29 is 9.90 Å². The Labute approximate surface area is 100 Å². The van der Waals surface area contributed by atoms with Gasteiger partial charge in [-0.1, -0.05) is 17.7 Å². The van der Waals surface area contributed by atoms with Crippen LogP contribution in [0.5, 0.6) is 0 Å². The van der Waals surface area contributed by atoms with Crippen molar-refractivity contribution in [1.29, 1.82) is 0 Å². The van der Waals surface area contributed by atoms with Crippen LogP contribution in [0.4, 0.5) is 5.69 Å². The lowest BCUT2D eigenvalue weighted by Crippen LogP contribution is -2.31. The molecule has 16 heavy (non-hydrogen) atoms. The molecule has 0 aliphatic heterocycles. The Kier molecular flexibility index (Phi) is 3.81. The number of hydrogen-bond donors (Lipinski definition) is 2. The van der Waals surface area contributed by atoms with E-state index in [1.54, 1.807) is 19.9 Å². The van der Waals surface area contributed by atoms with Gasteiger partial charge in [0, 0.05) is 17.3 Å². The van der Waals surface area contributed by atoms with E-state index in [0.717, 1.165) is 11.3 Å². The number of aliphatic carboxylic acids is 1. The molecule has 0 atom stereocenters. The van der Waals surface area contributed by atoms with Gasteiger partial charge in [0.1, 0.15) is 0 Å². The number of halogens is 1. The van der Waals surface area contributed by atoms with E-state index >= 15 is 0 Å². The maximum atomic E-state index is 10.9. The number of carboxylic acid groups (broad SMARTS) is 1. The lowest BCUT2D eigenvalue weighted by Gasteiger charge is -2.21. The van der Waals surface area contributed by atoms with E-state index in [9.17, 15) is 4.79 Å². The third kappa shape index (κ3) is 3.14. The molecule has 2 N–H and O–H groups in total. The van der Waals surface area contributed by atoms with Crippen LogP contribution in [0.2, 0.25) is 5.02 Å².